The van der Waals surface area contributed by atoms with E-state index in [-0.39, 0.29) is 23.7 Å². The summed E-state index contributed by atoms with van der Waals surface area (Å²) in [7, 11) is 0. The van der Waals surface area contributed by atoms with E-state index >= 15 is 0 Å². The standard InChI is InChI=1S/C23H26N4O4/c28-22(24-12-17-8-4-10-30-17)19-14-26(13-18-9-5-11-31-18)15-20-21(19)25-27(23(20)29)16-6-2-1-3-7-16/h1-3,6-7,14-15,17-18H,4-5,8-13H2,(H,24,28)/t17-,18-/m0/s1. The molecular weight excluding hydrogens is 396 g/mol. The lowest BCUT2D eigenvalue weighted by molar-refractivity contribution is 0.0854. The van der Waals surface area contributed by atoms with Crippen LogP contribution in [0, 0.1) is 0 Å². The predicted molar refractivity (Wildman–Crippen MR) is 115 cm³/mol. The van der Waals surface area contributed by atoms with Gasteiger partial charge in [0, 0.05) is 38.7 Å². The van der Waals surface area contributed by atoms with Gasteiger partial charge in [-0.2, -0.15) is 9.78 Å². The minimum atomic E-state index is -0.250. The van der Waals surface area contributed by atoms with Gasteiger partial charge in [-0.25, -0.2) is 0 Å². The molecule has 0 aromatic heterocycles. The maximum Gasteiger partial charge on any atom is 0.282 e. The summed E-state index contributed by atoms with van der Waals surface area (Å²) < 4.78 is 14.6. The Balaban J connectivity index is 1.52. The second-order valence-corrected chi connectivity index (χ2v) is 8.16. The van der Waals surface area contributed by atoms with Crippen LogP contribution in [0.15, 0.2) is 47.5 Å². The molecule has 0 unspecified atom stereocenters. The summed E-state index contributed by atoms with van der Waals surface area (Å²) in [5, 5.41) is 7.49. The largest absolute Gasteiger partial charge is 0.376 e. The molecule has 0 spiro atoms. The van der Waals surface area contributed by atoms with Crippen molar-refractivity contribution in [2.45, 2.75) is 44.4 Å². The van der Waals surface area contributed by atoms with Gasteiger partial charge in [0.15, 0.2) is 0 Å². The molecule has 1 aromatic rings. The van der Waals surface area contributed by atoms with Crippen molar-refractivity contribution in [2.24, 2.45) is 0 Å². The number of ether oxygens (including phenoxy) is 2. The summed E-state index contributed by atoms with van der Waals surface area (Å²) in [6.45, 7) is 2.53. The zero-order valence-electron chi connectivity index (χ0n) is 17.3. The van der Waals surface area contributed by atoms with Crippen LogP contribution in [0.2, 0.25) is 0 Å². The first-order valence-electron chi connectivity index (χ1n) is 10.9. The maximum atomic E-state index is 13.2. The zero-order valence-corrected chi connectivity index (χ0v) is 17.3. The van der Waals surface area contributed by atoms with Gasteiger partial charge in [0.2, 0.25) is 0 Å². The summed E-state index contributed by atoms with van der Waals surface area (Å²) >= 11 is 0. The van der Waals surface area contributed by atoms with Crippen LogP contribution in [0.4, 0.5) is 0 Å². The van der Waals surface area contributed by atoms with Crippen LogP contribution in [0.25, 0.3) is 16.9 Å². The molecular formula is C23H26N4O4. The third-order valence-electron chi connectivity index (χ3n) is 5.92. The quantitative estimate of drug-likeness (QED) is 0.658. The molecule has 0 saturated carbocycles. The monoisotopic (exact) mass is 422 g/mol. The number of rotatable bonds is 6. The van der Waals surface area contributed by atoms with E-state index in [1.807, 2.05) is 34.9 Å². The van der Waals surface area contributed by atoms with Crippen LogP contribution in [0.3, 0.4) is 0 Å². The second kappa shape index (κ2) is 8.64. The number of carbonyl (C=O) groups excluding carboxylic acids is 1. The molecule has 0 bridgehead atoms. The van der Waals surface area contributed by atoms with Crippen molar-refractivity contribution >= 4 is 5.91 Å². The van der Waals surface area contributed by atoms with E-state index in [4.69, 9.17) is 9.47 Å². The third kappa shape index (κ3) is 4.13. The summed E-state index contributed by atoms with van der Waals surface area (Å²) in [6.07, 6.45) is 7.64. The first-order valence-corrected chi connectivity index (χ1v) is 10.9. The van der Waals surface area contributed by atoms with E-state index in [2.05, 4.69) is 10.4 Å². The fraction of sp³-hybridized carbons (Fsp3) is 0.435. The Morgan fingerprint density at radius 1 is 1.06 bits per heavy atom. The van der Waals surface area contributed by atoms with Gasteiger partial charge in [-0.05, 0) is 37.8 Å². The average Bonchev–Trinajstić information content (AvgIpc) is 3.55. The number of carbonyl (C=O) groups is 1. The fourth-order valence-corrected chi connectivity index (χ4v) is 4.31. The number of benzene rings is 1. The molecule has 1 amide bonds. The van der Waals surface area contributed by atoms with Gasteiger partial charge in [-0.3, -0.25) is 9.59 Å². The number of para-hydroxylation sites is 1. The third-order valence-corrected chi connectivity index (χ3v) is 5.92. The minimum absolute atomic E-state index is 0.0408. The molecule has 8 heteroatoms. The van der Waals surface area contributed by atoms with E-state index < -0.39 is 0 Å². The first kappa shape index (κ1) is 20.0. The van der Waals surface area contributed by atoms with Crippen molar-refractivity contribution in [1.82, 2.24) is 19.7 Å². The second-order valence-electron chi connectivity index (χ2n) is 8.16. The summed E-state index contributed by atoms with van der Waals surface area (Å²) in [6, 6.07) is 9.24. The number of nitrogens with one attached hydrogen (secondary N) is 1. The van der Waals surface area contributed by atoms with Gasteiger partial charge < -0.3 is 19.4 Å². The Labute approximate surface area is 180 Å². The van der Waals surface area contributed by atoms with Crippen molar-refractivity contribution < 1.29 is 14.3 Å². The molecule has 4 aliphatic rings. The SMILES string of the molecule is O=C(NC[C@@H]1CCCO1)c1cn(C[C@@H]2CCCO2)cc2c(=O)n(-c3ccccc3)nc1-2. The Kier molecular flexibility index (Phi) is 5.57. The van der Waals surface area contributed by atoms with Gasteiger partial charge in [0.05, 0.1) is 29.0 Å². The van der Waals surface area contributed by atoms with Crippen molar-refractivity contribution in [2.75, 3.05) is 19.8 Å². The zero-order chi connectivity index (χ0) is 21.2. The lowest BCUT2D eigenvalue weighted by Gasteiger charge is -2.16. The number of pyridine rings is 1. The normalized spacial score (nSPS) is 21.0. The van der Waals surface area contributed by atoms with Crippen molar-refractivity contribution in [3.63, 3.8) is 0 Å². The molecule has 4 heterocycles. The van der Waals surface area contributed by atoms with Crippen LogP contribution in [0.1, 0.15) is 36.0 Å². The average molecular weight is 422 g/mol. The molecule has 2 fully saturated rings. The smallest absolute Gasteiger partial charge is 0.282 e. The lowest BCUT2D eigenvalue weighted by atomic mass is 10.1. The maximum absolute atomic E-state index is 13.2. The molecule has 162 valence electrons. The van der Waals surface area contributed by atoms with E-state index in [0.29, 0.717) is 35.6 Å². The molecule has 31 heavy (non-hydrogen) atoms. The van der Waals surface area contributed by atoms with E-state index in [1.165, 1.54) is 4.68 Å². The van der Waals surface area contributed by atoms with Crippen molar-refractivity contribution in [3.05, 3.63) is 58.6 Å². The van der Waals surface area contributed by atoms with Crippen molar-refractivity contribution in [1.29, 1.82) is 0 Å². The number of hydrogen-bond acceptors (Lipinski definition) is 5. The summed E-state index contributed by atoms with van der Waals surface area (Å²) in [5.41, 5.74) is 1.64. The highest BCUT2D eigenvalue weighted by atomic mass is 16.5. The van der Waals surface area contributed by atoms with Crippen LogP contribution < -0.4 is 10.9 Å². The molecule has 0 aliphatic carbocycles. The molecule has 4 aliphatic heterocycles. The molecule has 8 nitrogen and oxygen atoms in total. The Bertz CT molecular complexity index is 1080. The molecule has 1 N–H and O–H groups in total. The topological polar surface area (TPSA) is 87.4 Å². The van der Waals surface area contributed by atoms with Gasteiger partial charge in [-0.15, -0.1) is 0 Å². The van der Waals surface area contributed by atoms with Crippen LogP contribution >= 0.6 is 0 Å². The number of nitrogens with zero attached hydrogens (tertiary/aromatic N) is 3. The summed E-state index contributed by atoms with van der Waals surface area (Å²) in [5.74, 6) is -0.250. The highest BCUT2D eigenvalue weighted by Gasteiger charge is 2.26. The van der Waals surface area contributed by atoms with Crippen molar-refractivity contribution in [3.8, 4) is 16.9 Å². The molecule has 1 aromatic carbocycles. The fourth-order valence-electron chi connectivity index (χ4n) is 4.31. The number of hydrogen-bond donors (Lipinski definition) is 1. The van der Waals surface area contributed by atoms with E-state index in [1.54, 1.807) is 12.4 Å². The van der Waals surface area contributed by atoms with Gasteiger partial charge in [0.1, 0.15) is 5.69 Å². The lowest BCUT2D eigenvalue weighted by Crippen LogP contribution is -2.32. The molecule has 2 saturated heterocycles. The predicted octanol–water partition coefficient (Wildman–Crippen LogP) is 2.23. The minimum Gasteiger partial charge on any atom is -0.376 e. The first-order chi connectivity index (χ1) is 15.2. The molecule has 2 atom stereocenters. The van der Waals surface area contributed by atoms with Gasteiger partial charge in [-0.1, -0.05) is 18.2 Å². The number of amides is 1. The highest BCUT2D eigenvalue weighted by Crippen LogP contribution is 2.24. The number of aromatic nitrogens is 3. The van der Waals surface area contributed by atoms with E-state index in [0.717, 1.165) is 38.9 Å². The Morgan fingerprint density at radius 2 is 1.81 bits per heavy atom. The molecule has 5 rings (SSSR count). The van der Waals surface area contributed by atoms with Crippen LogP contribution in [-0.4, -0.2) is 52.2 Å². The summed E-state index contributed by atoms with van der Waals surface area (Å²) in [4.78, 5) is 26.3. The highest BCUT2D eigenvalue weighted by molar-refractivity contribution is 5.99. The Morgan fingerprint density at radius 3 is 2.52 bits per heavy atom. The molecule has 0 radical (unpaired) electrons. The number of fused-ring (bicyclic) bond motifs is 1. The van der Waals surface area contributed by atoms with Crippen LogP contribution in [-0.2, 0) is 16.0 Å². The van der Waals surface area contributed by atoms with Gasteiger partial charge >= 0.3 is 0 Å². The van der Waals surface area contributed by atoms with Crippen LogP contribution in [0.5, 0.6) is 0 Å². The Hall–Kier alpha value is -2.97. The van der Waals surface area contributed by atoms with E-state index in [9.17, 15) is 9.59 Å². The van der Waals surface area contributed by atoms with Gasteiger partial charge in [0.25, 0.3) is 11.5 Å².